The minimum atomic E-state index is -2.59. The summed E-state index contributed by atoms with van der Waals surface area (Å²) in [5, 5.41) is 0. The van der Waals surface area contributed by atoms with Crippen molar-refractivity contribution in [1.82, 2.24) is 0 Å². The van der Waals surface area contributed by atoms with Gasteiger partial charge < -0.3 is 4.89 Å². The number of benzene rings is 3. The highest BCUT2D eigenvalue weighted by atomic mass is 31.1. The minimum Gasteiger partial charge on any atom is -0.346 e. The van der Waals surface area contributed by atoms with Crippen LogP contribution in [0.1, 0.15) is 29.5 Å². The summed E-state index contributed by atoms with van der Waals surface area (Å²) in [6, 6.07) is 31.1. The van der Waals surface area contributed by atoms with Crippen LogP contribution in [0, 0.1) is 0 Å². The van der Waals surface area contributed by atoms with Gasteiger partial charge in [-0.3, -0.25) is 4.57 Å². The molecule has 0 aliphatic heterocycles. The Morgan fingerprint density at radius 2 is 1.07 bits per heavy atom. The van der Waals surface area contributed by atoms with Gasteiger partial charge in [0.2, 0.25) is 0 Å². The second-order valence-corrected chi connectivity index (χ2v) is 8.33. The van der Waals surface area contributed by atoms with E-state index in [4.69, 9.17) is 0 Å². The van der Waals surface area contributed by atoms with Crippen LogP contribution < -0.4 is 0 Å². The lowest BCUT2D eigenvalue weighted by Crippen LogP contribution is -2.31. The van der Waals surface area contributed by atoms with Crippen molar-refractivity contribution >= 4 is 8.03 Å². The summed E-state index contributed by atoms with van der Waals surface area (Å²) in [7, 11) is -2.59. The number of rotatable bonds is 9. The molecule has 0 spiro atoms. The second-order valence-electron chi connectivity index (χ2n) is 7.19. The fraction of sp³-hybridized carbons (Fsp3) is 0.250. The van der Waals surface area contributed by atoms with E-state index in [2.05, 4.69) is 60.7 Å². The first-order valence-corrected chi connectivity index (χ1v) is 11.1. The predicted molar refractivity (Wildman–Crippen MR) is 114 cm³/mol. The lowest BCUT2D eigenvalue weighted by molar-refractivity contribution is 0.388. The smallest absolute Gasteiger partial charge is 0.189 e. The molecular formula is C24H27O2P. The second kappa shape index (κ2) is 9.69. The van der Waals surface area contributed by atoms with Crippen molar-refractivity contribution in [1.29, 1.82) is 0 Å². The highest BCUT2D eigenvalue weighted by molar-refractivity contribution is 7.38. The van der Waals surface area contributed by atoms with Gasteiger partial charge in [0.15, 0.2) is 8.03 Å². The highest BCUT2D eigenvalue weighted by Gasteiger charge is 2.33. The van der Waals surface area contributed by atoms with Gasteiger partial charge in [-0.05, 0) is 42.4 Å². The Labute approximate surface area is 162 Å². The number of hydrogen-bond donors (Lipinski definition) is 1. The van der Waals surface area contributed by atoms with Crippen LogP contribution in [0.25, 0.3) is 0 Å². The van der Waals surface area contributed by atoms with Crippen LogP contribution in [0.2, 0.25) is 0 Å². The molecule has 3 rings (SSSR count). The molecule has 0 heterocycles. The van der Waals surface area contributed by atoms with E-state index in [0.717, 1.165) is 25.7 Å². The van der Waals surface area contributed by atoms with E-state index in [0.29, 0.717) is 6.16 Å². The number of aryl methyl sites for hydroxylation is 2. The van der Waals surface area contributed by atoms with Crippen LogP contribution in [-0.2, 0) is 22.8 Å². The SMILES string of the molecule is O=[PH](O)CC(CCc1ccccc1)(CCc1ccccc1)c1ccccc1. The van der Waals surface area contributed by atoms with Crippen LogP contribution in [-0.4, -0.2) is 11.1 Å². The Hall–Kier alpha value is -2.15. The van der Waals surface area contributed by atoms with Crippen LogP contribution in [0.3, 0.4) is 0 Å². The first-order chi connectivity index (χ1) is 13.2. The molecule has 0 aliphatic rings. The van der Waals surface area contributed by atoms with Gasteiger partial charge in [-0.15, -0.1) is 0 Å². The summed E-state index contributed by atoms with van der Waals surface area (Å²) in [5.41, 5.74) is 3.42. The van der Waals surface area contributed by atoms with E-state index >= 15 is 0 Å². The molecule has 27 heavy (non-hydrogen) atoms. The highest BCUT2D eigenvalue weighted by Crippen LogP contribution is 2.40. The van der Waals surface area contributed by atoms with Crippen molar-refractivity contribution in [2.75, 3.05) is 6.16 Å². The first-order valence-electron chi connectivity index (χ1n) is 9.53. The third-order valence-corrected chi connectivity index (χ3v) is 6.33. The Balaban J connectivity index is 1.89. The fourth-order valence-corrected chi connectivity index (χ4v) is 4.97. The molecule has 1 atom stereocenters. The maximum Gasteiger partial charge on any atom is 0.189 e. The average Bonchev–Trinajstić information content (AvgIpc) is 2.72. The summed E-state index contributed by atoms with van der Waals surface area (Å²) in [4.78, 5) is 9.89. The van der Waals surface area contributed by atoms with Gasteiger partial charge in [0.25, 0.3) is 0 Å². The molecule has 2 nitrogen and oxygen atoms in total. The maximum absolute atomic E-state index is 12.0. The molecule has 0 aliphatic carbocycles. The van der Waals surface area contributed by atoms with Crippen molar-refractivity contribution in [3.63, 3.8) is 0 Å². The zero-order valence-corrected chi connectivity index (χ0v) is 16.6. The van der Waals surface area contributed by atoms with E-state index in [1.165, 1.54) is 16.7 Å². The third-order valence-electron chi connectivity index (χ3n) is 5.35. The molecule has 1 unspecified atom stereocenters. The molecule has 0 fully saturated rings. The normalized spacial score (nSPS) is 12.6. The van der Waals surface area contributed by atoms with Gasteiger partial charge >= 0.3 is 0 Å². The molecule has 0 bridgehead atoms. The number of hydrogen-bond acceptors (Lipinski definition) is 1. The summed E-state index contributed by atoms with van der Waals surface area (Å²) in [5.74, 6) is 0. The molecule has 0 saturated carbocycles. The van der Waals surface area contributed by atoms with Crippen molar-refractivity contribution in [2.24, 2.45) is 0 Å². The van der Waals surface area contributed by atoms with Crippen molar-refractivity contribution in [2.45, 2.75) is 31.1 Å². The summed E-state index contributed by atoms with van der Waals surface area (Å²) in [6.07, 6.45) is 3.87. The van der Waals surface area contributed by atoms with Crippen molar-refractivity contribution < 1.29 is 9.46 Å². The Kier molecular flexibility index (Phi) is 7.04. The van der Waals surface area contributed by atoms with Crippen LogP contribution >= 0.6 is 8.03 Å². The molecule has 3 aromatic carbocycles. The van der Waals surface area contributed by atoms with Crippen molar-refractivity contribution in [3.8, 4) is 0 Å². The van der Waals surface area contributed by atoms with Gasteiger partial charge in [0, 0.05) is 11.6 Å². The largest absolute Gasteiger partial charge is 0.346 e. The van der Waals surface area contributed by atoms with E-state index < -0.39 is 8.03 Å². The quantitative estimate of drug-likeness (QED) is 0.488. The minimum absolute atomic E-state index is 0.294. The zero-order chi connectivity index (χ0) is 19.0. The maximum atomic E-state index is 12.0. The molecule has 0 saturated heterocycles. The van der Waals surface area contributed by atoms with Crippen LogP contribution in [0.5, 0.6) is 0 Å². The molecule has 1 N–H and O–H groups in total. The molecular weight excluding hydrogens is 351 g/mol. The van der Waals surface area contributed by atoms with Gasteiger partial charge in [-0.25, -0.2) is 0 Å². The topological polar surface area (TPSA) is 37.3 Å². The summed E-state index contributed by atoms with van der Waals surface area (Å²) >= 11 is 0. The first kappa shape index (κ1) is 19.6. The molecule has 3 heteroatoms. The van der Waals surface area contributed by atoms with E-state index in [9.17, 15) is 9.46 Å². The Bertz CT molecular complexity index is 789. The van der Waals surface area contributed by atoms with E-state index in [1.807, 2.05) is 30.3 Å². The van der Waals surface area contributed by atoms with Crippen LogP contribution in [0.4, 0.5) is 0 Å². The Morgan fingerprint density at radius 3 is 1.48 bits per heavy atom. The van der Waals surface area contributed by atoms with Crippen LogP contribution in [0.15, 0.2) is 91.0 Å². The molecule has 0 amide bonds. The van der Waals surface area contributed by atoms with E-state index in [-0.39, 0.29) is 5.41 Å². The predicted octanol–water partition coefficient (Wildman–Crippen LogP) is 5.66. The fourth-order valence-electron chi connectivity index (χ4n) is 3.83. The monoisotopic (exact) mass is 378 g/mol. The third kappa shape index (κ3) is 5.66. The van der Waals surface area contributed by atoms with E-state index in [1.54, 1.807) is 0 Å². The lowest BCUT2D eigenvalue weighted by Gasteiger charge is -2.34. The van der Waals surface area contributed by atoms with Gasteiger partial charge in [-0.1, -0.05) is 91.0 Å². The van der Waals surface area contributed by atoms with Gasteiger partial charge in [-0.2, -0.15) is 0 Å². The Morgan fingerprint density at radius 1 is 0.667 bits per heavy atom. The van der Waals surface area contributed by atoms with Gasteiger partial charge in [0.1, 0.15) is 0 Å². The van der Waals surface area contributed by atoms with Gasteiger partial charge in [0.05, 0.1) is 0 Å². The average molecular weight is 378 g/mol. The standard InChI is InChI=1S/C24H27O2P/c25-27(26)20-24(23-14-8-3-9-15-23,18-16-21-10-4-1-5-11-21)19-17-22-12-6-2-7-13-22/h1-15,27H,16-20H2,(H,25,26). The molecule has 140 valence electrons. The summed E-state index contributed by atoms with van der Waals surface area (Å²) in [6.45, 7) is 0. The molecule has 0 aromatic heterocycles. The zero-order valence-electron chi connectivity index (χ0n) is 15.6. The molecule has 0 radical (unpaired) electrons. The summed E-state index contributed by atoms with van der Waals surface area (Å²) < 4.78 is 12.0. The molecule has 3 aromatic rings. The van der Waals surface area contributed by atoms with Crippen molar-refractivity contribution in [3.05, 3.63) is 108 Å². The lowest BCUT2D eigenvalue weighted by atomic mass is 9.73.